The van der Waals surface area contributed by atoms with E-state index in [1.165, 1.54) is 0 Å². The molecule has 0 fully saturated rings. The average Bonchev–Trinajstić information content (AvgIpc) is 2.94. The highest BCUT2D eigenvalue weighted by molar-refractivity contribution is 6.14. The third kappa shape index (κ3) is 4.01. The van der Waals surface area contributed by atoms with Crippen LogP contribution in [0.3, 0.4) is 0 Å². The predicted octanol–water partition coefficient (Wildman–Crippen LogP) is 3.03. The minimum absolute atomic E-state index is 0.214. The number of para-hydroxylation sites is 1. The van der Waals surface area contributed by atoms with Crippen LogP contribution in [0.15, 0.2) is 65.3 Å². The van der Waals surface area contributed by atoms with Gasteiger partial charge in [-0.1, -0.05) is 30.3 Å². The molecule has 1 aliphatic heterocycles. The fourth-order valence-corrected chi connectivity index (χ4v) is 2.27. The number of aliphatic imine (C=N–C) groups is 1. The first-order valence-corrected chi connectivity index (χ1v) is 7.76. The fourth-order valence-electron chi connectivity index (χ4n) is 2.27. The molecular formula is C19H18N2O3. The molecule has 3 rings (SSSR count). The lowest BCUT2D eigenvalue weighted by atomic mass is 10.2. The van der Waals surface area contributed by atoms with Crippen LogP contribution in [0, 0.1) is 0 Å². The first-order valence-electron chi connectivity index (χ1n) is 7.76. The van der Waals surface area contributed by atoms with Crippen LogP contribution >= 0.6 is 0 Å². The number of nitrogens with zero attached hydrogens (tertiary/aromatic N) is 1. The van der Waals surface area contributed by atoms with Crippen molar-refractivity contribution < 1.29 is 14.3 Å². The molecule has 0 saturated carbocycles. The maximum Gasteiger partial charge on any atom is 0.275 e. The van der Waals surface area contributed by atoms with Gasteiger partial charge < -0.3 is 14.8 Å². The van der Waals surface area contributed by atoms with Gasteiger partial charge in [-0.25, -0.2) is 4.99 Å². The number of carbonyl (C=O) groups is 1. The molecule has 0 radical (unpaired) electrons. The molecule has 24 heavy (non-hydrogen) atoms. The average molecular weight is 322 g/mol. The number of amides is 1. The van der Waals surface area contributed by atoms with E-state index in [2.05, 4.69) is 10.3 Å². The third-order valence-corrected chi connectivity index (χ3v) is 3.34. The zero-order valence-electron chi connectivity index (χ0n) is 13.4. The molecule has 1 heterocycles. The van der Waals surface area contributed by atoms with E-state index in [4.69, 9.17) is 9.47 Å². The van der Waals surface area contributed by atoms with Gasteiger partial charge in [0.05, 0.1) is 6.61 Å². The second kappa shape index (κ2) is 7.46. The standard InChI is InChI=1S/C19H18N2O3/c1-2-23-16-10-6-7-14(11-16)12-17-19(22)21-18(20-17)13-24-15-8-4-3-5-9-15/h3-12H,2,13H2,1H3,(H,20,21,22)/b17-12+. The highest BCUT2D eigenvalue weighted by atomic mass is 16.5. The summed E-state index contributed by atoms with van der Waals surface area (Å²) in [5.74, 6) is 1.76. The Morgan fingerprint density at radius 3 is 2.62 bits per heavy atom. The van der Waals surface area contributed by atoms with E-state index < -0.39 is 0 Å². The predicted molar refractivity (Wildman–Crippen MR) is 93.1 cm³/mol. The van der Waals surface area contributed by atoms with Crippen molar-refractivity contribution >= 4 is 17.8 Å². The molecule has 0 aliphatic carbocycles. The van der Waals surface area contributed by atoms with Crippen LogP contribution in [0.5, 0.6) is 11.5 Å². The lowest BCUT2D eigenvalue weighted by Gasteiger charge is -2.04. The van der Waals surface area contributed by atoms with Crippen LogP contribution in [0.1, 0.15) is 12.5 Å². The van der Waals surface area contributed by atoms with Gasteiger partial charge in [0.25, 0.3) is 5.91 Å². The largest absolute Gasteiger partial charge is 0.494 e. The molecule has 0 atom stereocenters. The third-order valence-electron chi connectivity index (χ3n) is 3.34. The Bertz CT molecular complexity index is 782. The Balaban J connectivity index is 1.70. The van der Waals surface area contributed by atoms with Gasteiger partial charge in [0, 0.05) is 0 Å². The first-order chi connectivity index (χ1) is 11.7. The summed E-state index contributed by atoms with van der Waals surface area (Å²) in [6, 6.07) is 16.9. The molecular weight excluding hydrogens is 304 g/mol. The molecule has 2 aromatic rings. The molecule has 0 aromatic heterocycles. The Labute approximate surface area is 140 Å². The van der Waals surface area contributed by atoms with E-state index in [0.717, 1.165) is 17.1 Å². The molecule has 1 amide bonds. The van der Waals surface area contributed by atoms with Crippen molar-refractivity contribution in [1.82, 2.24) is 5.32 Å². The van der Waals surface area contributed by atoms with Gasteiger partial charge in [-0.3, -0.25) is 4.79 Å². The van der Waals surface area contributed by atoms with E-state index in [1.54, 1.807) is 6.08 Å². The summed E-state index contributed by atoms with van der Waals surface area (Å²) < 4.78 is 11.1. The van der Waals surface area contributed by atoms with Crippen molar-refractivity contribution in [2.75, 3.05) is 13.2 Å². The summed E-state index contributed by atoms with van der Waals surface area (Å²) in [4.78, 5) is 16.3. The first kappa shape index (κ1) is 15.8. The minimum Gasteiger partial charge on any atom is -0.494 e. The Hall–Kier alpha value is -3.08. The van der Waals surface area contributed by atoms with Crippen LogP contribution < -0.4 is 14.8 Å². The summed E-state index contributed by atoms with van der Waals surface area (Å²) in [5, 5.41) is 2.72. The number of nitrogens with one attached hydrogen (secondary N) is 1. The van der Waals surface area contributed by atoms with Gasteiger partial charge in [-0.2, -0.15) is 0 Å². The zero-order valence-corrected chi connectivity index (χ0v) is 13.4. The lowest BCUT2D eigenvalue weighted by Crippen LogP contribution is -2.28. The van der Waals surface area contributed by atoms with Crippen molar-refractivity contribution in [3.63, 3.8) is 0 Å². The molecule has 2 aromatic carbocycles. The van der Waals surface area contributed by atoms with Crippen molar-refractivity contribution in [3.8, 4) is 11.5 Å². The van der Waals surface area contributed by atoms with Gasteiger partial charge in [0.2, 0.25) is 0 Å². The van der Waals surface area contributed by atoms with E-state index in [-0.39, 0.29) is 12.5 Å². The molecule has 1 aliphatic rings. The topological polar surface area (TPSA) is 59.9 Å². The molecule has 122 valence electrons. The SMILES string of the molecule is CCOc1cccc(/C=C2/N=C(COc3ccccc3)NC2=O)c1. The highest BCUT2D eigenvalue weighted by Gasteiger charge is 2.20. The molecule has 1 N–H and O–H groups in total. The van der Waals surface area contributed by atoms with Crippen molar-refractivity contribution in [3.05, 3.63) is 65.9 Å². The molecule has 0 spiro atoms. The van der Waals surface area contributed by atoms with E-state index >= 15 is 0 Å². The van der Waals surface area contributed by atoms with Crippen LogP contribution in [0.2, 0.25) is 0 Å². The maximum atomic E-state index is 12.0. The molecule has 5 heteroatoms. The summed E-state index contributed by atoms with van der Waals surface area (Å²) in [5.41, 5.74) is 1.22. The van der Waals surface area contributed by atoms with Crippen molar-refractivity contribution in [1.29, 1.82) is 0 Å². The van der Waals surface area contributed by atoms with Crippen LogP contribution in [-0.4, -0.2) is 25.0 Å². The number of ether oxygens (including phenoxy) is 2. The van der Waals surface area contributed by atoms with Gasteiger partial charge >= 0.3 is 0 Å². The van der Waals surface area contributed by atoms with Crippen molar-refractivity contribution in [2.45, 2.75) is 6.92 Å². The number of hydrogen-bond acceptors (Lipinski definition) is 4. The molecule has 0 saturated heterocycles. The molecule has 5 nitrogen and oxygen atoms in total. The quantitative estimate of drug-likeness (QED) is 0.832. The van der Waals surface area contributed by atoms with E-state index in [1.807, 2.05) is 61.5 Å². The van der Waals surface area contributed by atoms with Crippen LogP contribution in [0.4, 0.5) is 0 Å². The fraction of sp³-hybridized carbons (Fsp3) is 0.158. The summed E-state index contributed by atoms with van der Waals surface area (Å²) in [6.45, 7) is 2.74. The zero-order chi connectivity index (χ0) is 16.8. The Morgan fingerprint density at radius 1 is 1.04 bits per heavy atom. The molecule has 0 bridgehead atoms. The number of benzene rings is 2. The Morgan fingerprint density at radius 2 is 1.83 bits per heavy atom. The van der Waals surface area contributed by atoms with Gasteiger partial charge in [0.15, 0.2) is 0 Å². The van der Waals surface area contributed by atoms with Gasteiger partial charge in [-0.15, -0.1) is 0 Å². The summed E-state index contributed by atoms with van der Waals surface area (Å²) >= 11 is 0. The lowest BCUT2D eigenvalue weighted by molar-refractivity contribution is -0.115. The molecule has 0 unspecified atom stereocenters. The monoisotopic (exact) mass is 322 g/mol. The maximum absolute atomic E-state index is 12.0. The number of hydrogen-bond donors (Lipinski definition) is 1. The second-order valence-corrected chi connectivity index (χ2v) is 5.15. The summed E-state index contributed by atoms with van der Waals surface area (Å²) in [6.07, 6.45) is 1.73. The highest BCUT2D eigenvalue weighted by Crippen LogP contribution is 2.18. The number of rotatable bonds is 6. The summed E-state index contributed by atoms with van der Waals surface area (Å²) in [7, 11) is 0. The smallest absolute Gasteiger partial charge is 0.275 e. The second-order valence-electron chi connectivity index (χ2n) is 5.15. The normalized spacial score (nSPS) is 15.1. The van der Waals surface area contributed by atoms with Gasteiger partial charge in [0.1, 0.15) is 29.6 Å². The van der Waals surface area contributed by atoms with Crippen LogP contribution in [0.25, 0.3) is 6.08 Å². The number of amidine groups is 1. The van der Waals surface area contributed by atoms with Gasteiger partial charge in [-0.05, 0) is 42.8 Å². The number of carbonyl (C=O) groups excluding carboxylic acids is 1. The minimum atomic E-state index is -0.233. The Kier molecular flexibility index (Phi) is 4.91. The van der Waals surface area contributed by atoms with E-state index in [0.29, 0.717) is 18.1 Å². The van der Waals surface area contributed by atoms with E-state index in [9.17, 15) is 4.79 Å². The van der Waals surface area contributed by atoms with Crippen LogP contribution in [-0.2, 0) is 4.79 Å². The van der Waals surface area contributed by atoms with Crippen molar-refractivity contribution in [2.24, 2.45) is 4.99 Å².